The molecule has 0 saturated carbocycles. The predicted molar refractivity (Wildman–Crippen MR) is 143 cm³/mol. The molecule has 4 rings (SSSR count). The van der Waals surface area contributed by atoms with E-state index < -0.39 is 0 Å². The summed E-state index contributed by atoms with van der Waals surface area (Å²) in [5.41, 5.74) is 4.65. The summed E-state index contributed by atoms with van der Waals surface area (Å²) < 4.78 is 17.0. The molecule has 0 radical (unpaired) electrons. The normalized spacial score (nSPS) is 16.1. The Morgan fingerprint density at radius 1 is 1.11 bits per heavy atom. The highest BCUT2D eigenvalue weighted by molar-refractivity contribution is 6.06. The molecule has 3 heterocycles. The molecule has 1 fully saturated rings. The molecule has 0 amide bonds. The zero-order valence-corrected chi connectivity index (χ0v) is 22.0. The summed E-state index contributed by atoms with van der Waals surface area (Å²) in [7, 11) is 0. The van der Waals surface area contributed by atoms with Crippen molar-refractivity contribution in [3.8, 4) is 17.5 Å². The molecular formula is C26H40N6O4. The maximum Gasteiger partial charge on any atom is 0.320 e. The van der Waals surface area contributed by atoms with Gasteiger partial charge in [0.2, 0.25) is 0 Å². The van der Waals surface area contributed by atoms with E-state index in [0.717, 1.165) is 75.9 Å². The molecule has 10 nitrogen and oxygen atoms in total. The first-order valence-corrected chi connectivity index (χ1v) is 13.0. The molecule has 198 valence electrons. The minimum absolute atomic E-state index is 0.166. The zero-order chi connectivity index (χ0) is 25.8. The molecule has 0 atom stereocenters. The van der Waals surface area contributed by atoms with Crippen molar-refractivity contribution in [3.63, 3.8) is 0 Å². The topological polar surface area (TPSA) is 105 Å². The van der Waals surface area contributed by atoms with Crippen molar-refractivity contribution in [2.24, 2.45) is 5.10 Å². The molecule has 1 aromatic carbocycles. The van der Waals surface area contributed by atoms with E-state index in [1.165, 1.54) is 0 Å². The lowest BCUT2D eigenvalue weighted by atomic mass is 10.1. The van der Waals surface area contributed by atoms with Gasteiger partial charge in [-0.3, -0.25) is 10.3 Å². The van der Waals surface area contributed by atoms with Crippen LogP contribution in [0.15, 0.2) is 29.4 Å². The SMILES string of the molecule is CC.CCCN(CCC)c1cc(N/N=C2\COc3cc(O)ccc32)nc(OCCN2CCOCC2)n1. The average Bonchev–Trinajstić information content (AvgIpc) is 3.31. The van der Waals surface area contributed by atoms with E-state index in [0.29, 0.717) is 30.8 Å². The molecule has 0 unspecified atom stereocenters. The van der Waals surface area contributed by atoms with E-state index in [2.05, 4.69) is 44.1 Å². The highest BCUT2D eigenvalue weighted by Gasteiger charge is 2.20. The summed E-state index contributed by atoms with van der Waals surface area (Å²) in [6, 6.07) is 7.25. The van der Waals surface area contributed by atoms with Gasteiger partial charge in [0.25, 0.3) is 0 Å². The number of hydrogen-bond acceptors (Lipinski definition) is 10. The first-order valence-electron chi connectivity index (χ1n) is 13.0. The van der Waals surface area contributed by atoms with E-state index >= 15 is 0 Å². The number of anilines is 2. The van der Waals surface area contributed by atoms with Gasteiger partial charge in [-0.1, -0.05) is 27.7 Å². The Hall–Kier alpha value is -3.11. The Balaban J connectivity index is 0.00000176. The van der Waals surface area contributed by atoms with Gasteiger partial charge in [0.1, 0.15) is 36.2 Å². The fourth-order valence-electron chi connectivity index (χ4n) is 3.98. The second-order valence-electron chi connectivity index (χ2n) is 8.32. The van der Waals surface area contributed by atoms with Crippen LogP contribution in [0.2, 0.25) is 0 Å². The number of rotatable bonds is 11. The van der Waals surface area contributed by atoms with Crippen LogP contribution in [0.4, 0.5) is 11.6 Å². The number of nitrogens with zero attached hydrogens (tertiary/aromatic N) is 5. The number of phenolic OH excluding ortho intramolecular Hbond substituents is 1. The summed E-state index contributed by atoms with van der Waals surface area (Å²) in [5.74, 6) is 2.16. The number of hydrogen-bond donors (Lipinski definition) is 2. The Bertz CT molecular complexity index is 975. The Labute approximate surface area is 214 Å². The van der Waals surface area contributed by atoms with Gasteiger partial charge in [0.05, 0.1) is 13.2 Å². The van der Waals surface area contributed by atoms with Crippen molar-refractivity contribution in [1.29, 1.82) is 0 Å². The molecule has 1 aromatic heterocycles. The highest BCUT2D eigenvalue weighted by atomic mass is 16.5. The quantitative estimate of drug-likeness (QED) is 0.446. The molecule has 36 heavy (non-hydrogen) atoms. The Kier molecular flexibility index (Phi) is 11.0. The summed E-state index contributed by atoms with van der Waals surface area (Å²) in [5, 5.41) is 14.2. The van der Waals surface area contributed by atoms with E-state index in [1.54, 1.807) is 18.2 Å². The van der Waals surface area contributed by atoms with Gasteiger partial charge in [0, 0.05) is 50.4 Å². The highest BCUT2D eigenvalue weighted by Crippen LogP contribution is 2.29. The number of nitrogens with one attached hydrogen (secondary N) is 1. The van der Waals surface area contributed by atoms with Crippen molar-refractivity contribution >= 4 is 17.3 Å². The molecule has 0 spiro atoms. The van der Waals surface area contributed by atoms with Crippen molar-refractivity contribution in [2.45, 2.75) is 40.5 Å². The smallest absolute Gasteiger partial charge is 0.320 e. The van der Waals surface area contributed by atoms with Gasteiger partial charge < -0.3 is 24.2 Å². The summed E-state index contributed by atoms with van der Waals surface area (Å²) in [6.45, 7) is 15.1. The van der Waals surface area contributed by atoms with Gasteiger partial charge in [-0.05, 0) is 25.0 Å². The van der Waals surface area contributed by atoms with E-state index in [9.17, 15) is 5.11 Å². The molecule has 1 saturated heterocycles. The summed E-state index contributed by atoms with van der Waals surface area (Å²) in [6.07, 6.45) is 2.03. The first-order chi connectivity index (χ1) is 17.7. The average molecular weight is 501 g/mol. The summed E-state index contributed by atoms with van der Waals surface area (Å²) >= 11 is 0. The largest absolute Gasteiger partial charge is 0.508 e. The molecule has 2 aromatic rings. The third-order valence-electron chi connectivity index (χ3n) is 5.69. The monoisotopic (exact) mass is 500 g/mol. The van der Waals surface area contributed by atoms with Gasteiger partial charge in [-0.15, -0.1) is 0 Å². The lowest BCUT2D eigenvalue weighted by Gasteiger charge is -2.26. The van der Waals surface area contributed by atoms with Crippen molar-refractivity contribution < 1.29 is 19.3 Å². The Morgan fingerprint density at radius 3 is 2.58 bits per heavy atom. The molecule has 2 aliphatic heterocycles. The number of hydrazone groups is 1. The third kappa shape index (κ3) is 7.69. The number of fused-ring (bicyclic) bond motifs is 1. The fourth-order valence-corrected chi connectivity index (χ4v) is 3.98. The van der Waals surface area contributed by atoms with E-state index in [-0.39, 0.29) is 5.75 Å². The van der Waals surface area contributed by atoms with E-state index in [4.69, 9.17) is 14.2 Å². The fraction of sp³-hybridized carbons (Fsp3) is 0.577. The standard InChI is InChI=1S/C24H34N6O4.C2H6/c1-3-7-30(8-4-2)23-16-22(25-24(26-23)33-14-11-29-9-12-32-13-10-29)28-27-20-17-34-21-15-18(31)5-6-19(20)21;1-2/h5-6,15-16,31H,3-4,7-14,17H2,1-2H3,(H,25,26,28);1-2H3/b27-20+;. The van der Waals surface area contributed by atoms with Crippen LogP contribution in [0, 0.1) is 0 Å². The maximum absolute atomic E-state index is 9.66. The lowest BCUT2D eigenvalue weighted by Crippen LogP contribution is -2.38. The zero-order valence-electron chi connectivity index (χ0n) is 22.0. The second kappa shape index (κ2) is 14.4. The lowest BCUT2D eigenvalue weighted by molar-refractivity contribution is 0.0317. The van der Waals surface area contributed by atoms with Crippen LogP contribution < -0.4 is 19.8 Å². The summed E-state index contributed by atoms with van der Waals surface area (Å²) in [4.78, 5) is 13.8. The molecule has 2 aliphatic rings. The van der Waals surface area contributed by atoms with Crippen molar-refractivity contribution in [2.75, 3.05) is 69.5 Å². The number of aromatic nitrogens is 2. The molecule has 2 N–H and O–H groups in total. The number of morpholine rings is 1. The van der Waals surface area contributed by atoms with Crippen molar-refractivity contribution in [3.05, 3.63) is 29.8 Å². The third-order valence-corrected chi connectivity index (χ3v) is 5.69. The minimum atomic E-state index is 0.166. The van der Waals surface area contributed by atoms with Crippen LogP contribution >= 0.6 is 0 Å². The number of aromatic hydroxyl groups is 1. The van der Waals surface area contributed by atoms with Gasteiger partial charge in [-0.2, -0.15) is 15.1 Å². The number of benzene rings is 1. The van der Waals surface area contributed by atoms with Crippen molar-refractivity contribution in [1.82, 2.24) is 14.9 Å². The van der Waals surface area contributed by atoms with Gasteiger partial charge in [-0.25, -0.2) is 0 Å². The molecular weight excluding hydrogens is 460 g/mol. The van der Waals surface area contributed by atoms with Gasteiger partial charge in [0.15, 0.2) is 5.82 Å². The van der Waals surface area contributed by atoms with Crippen LogP contribution in [0.5, 0.6) is 17.5 Å². The van der Waals surface area contributed by atoms with Crippen LogP contribution in [0.25, 0.3) is 0 Å². The number of ether oxygens (including phenoxy) is 3. The first kappa shape index (κ1) is 27.5. The van der Waals surface area contributed by atoms with E-state index in [1.807, 2.05) is 19.9 Å². The Morgan fingerprint density at radius 2 is 1.86 bits per heavy atom. The van der Waals surface area contributed by atoms with Crippen LogP contribution in [0.1, 0.15) is 46.1 Å². The second-order valence-corrected chi connectivity index (χ2v) is 8.32. The maximum atomic E-state index is 9.66. The van der Waals surface area contributed by atoms with Crippen LogP contribution in [-0.4, -0.2) is 84.8 Å². The number of phenols is 1. The molecule has 0 aliphatic carbocycles. The molecule has 0 bridgehead atoms. The minimum Gasteiger partial charge on any atom is -0.508 e. The predicted octanol–water partition coefficient (Wildman–Crippen LogP) is 3.75. The van der Waals surface area contributed by atoms with Gasteiger partial charge >= 0.3 is 6.01 Å². The van der Waals surface area contributed by atoms with Crippen LogP contribution in [-0.2, 0) is 4.74 Å². The molecule has 10 heteroatoms. The van der Waals surface area contributed by atoms with Crippen LogP contribution in [0.3, 0.4) is 0 Å².